The van der Waals surface area contributed by atoms with Crippen molar-refractivity contribution in [3.8, 4) is 0 Å². The Morgan fingerprint density at radius 3 is 2.83 bits per heavy atom. The van der Waals surface area contributed by atoms with Crippen LogP contribution in [-0.4, -0.2) is 48.8 Å². The van der Waals surface area contributed by atoms with Crippen molar-refractivity contribution in [3.63, 3.8) is 0 Å². The molecule has 1 saturated heterocycles. The number of nitrogens with two attached hydrogens (primary N) is 1. The topological polar surface area (TPSA) is 49.6 Å². The fourth-order valence-corrected chi connectivity index (χ4v) is 4.56. The van der Waals surface area contributed by atoms with E-state index in [0.717, 1.165) is 38.2 Å². The molecule has 2 aliphatic rings. The lowest BCUT2D eigenvalue weighted by atomic mass is 9.90. The summed E-state index contributed by atoms with van der Waals surface area (Å²) >= 11 is 1.88. The van der Waals surface area contributed by atoms with Gasteiger partial charge in [0, 0.05) is 23.2 Å². The van der Waals surface area contributed by atoms with E-state index < -0.39 is 0 Å². The molecular weight excluding hydrogens is 342 g/mol. The van der Waals surface area contributed by atoms with Crippen LogP contribution in [0, 0.1) is 5.41 Å². The Hall–Kier alpha value is -0.750. The highest BCUT2D eigenvalue weighted by Crippen LogP contribution is 2.37. The lowest BCUT2D eigenvalue weighted by Crippen LogP contribution is -2.41. The van der Waals surface area contributed by atoms with Crippen LogP contribution < -0.4 is 10.6 Å². The third-order valence-electron chi connectivity index (χ3n) is 5.03. The van der Waals surface area contributed by atoms with Gasteiger partial charge in [0.05, 0.1) is 12.2 Å². The standard InChI is InChI=1S/C18H27N3OS.ClH/c1-14-7-9-21(15-5-3-4-6-16(15)23-14)17(22)11-20-10-8-18(2,12-19)13-20;/h3-6,14H,7-13,19H2,1-2H3;1H. The van der Waals surface area contributed by atoms with Crippen LogP contribution >= 0.6 is 24.2 Å². The van der Waals surface area contributed by atoms with Crippen molar-refractivity contribution >= 4 is 35.8 Å². The number of para-hydroxylation sites is 1. The quantitative estimate of drug-likeness (QED) is 0.889. The maximum Gasteiger partial charge on any atom is 0.241 e. The molecule has 3 rings (SSSR count). The van der Waals surface area contributed by atoms with Gasteiger partial charge in [-0.1, -0.05) is 26.0 Å². The fraction of sp³-hybridized carbons (Fsp3) is 0.611. The van der Waals surface area contributed by atoms with Gasteiger partial charge in [-0.3, -0.25) is 9.69 Å². The van der Waals surface area contributed by atoms with Crippen molar-refractivity contribution in [2.45, 2.75) is 36.8 Å². The molecule has 1 aromatic carbocycles. The highest BCUT2D eigenvalue weighted by Gasteiger charge is 2.34. The van der Waals surface area contributed by atoms with E-state index in [2.05, 4.69) is 36.9 Å². The van der Waals surface area contributed by atoms with Crippen molar-refractivity contribution in [2.75, 3.05) is 37.6 Å². The zero-order valence-electron chi connectivity index (χ0n) is 14.5. The Labute approximate surface area is 155 Å². The SMILES string of the molecule is CC1CCN(C(=O)CN2CCC(C)(CN)C2)c2ccccc2S1.Cl. The Morgan fingerprint density at radius 2 is 2.12 bits per heavy atom. The average Bonchev–Trinajstić information content (AvgIpc) is 2.81. The second-order valence-electron chi connectivity index (χ2n) is 7.21. The summed E-state index contributed by atoms with van der Waals surface area (Å²) in [6.45, 7) is 8.36. The molecule has 6 heteroatoms. The van der Waals surface area contributed by atoms with E-state index in [4.69, 9.17) is 5.73 Å². The van der Waals surface area contributed by atoms with E-state index in [1.165, 1.54) is 4.90 Å². The number of amides is 1. The molecule has 24 heavy (non-hydrogen) atoms. The molecule has 2 unspecified atom stereocenters. The number of carbonyl (C=O) groups excluding carboxylic acids is 1. The van der Waals surface area contributed by atoms with Gasteiger partial charge in [-0.25, -0.2) is 0 Å². The first kappa shape index (κ1) is 19.6. The Kier molecular flexibility index (Phi) is 6.59. The summed E-state index contributed by atoms with van der Waals surface area (Å²) in [5.41, 5.74) is 7.12. The lowest BCUT2D eigenvalue weighted by Gasteiger charge is -2.26. The molecule has 1 fully saturated rings. The largest absolute Gasteiger partial charge is 0.330 e. The number of anilines is 1. The molecular formula is C18H28ClN3OS. The molecule has 0 radical (unpaired) electrons. The van der Waals surface area contributed by atoms with Gasteiger partial charge in [0.2, 0.25) is 5.91 Å². The number of hydrogen-bond donors (Lipinski definition) is 1. The van der Waals surface area contributed by atoms with Crippen LogP contribution in [0.1, 0.15) is 26.7 Å². The number of benzene rings is 1. The average molecular weight is 370 g/mol. The van der Waals surface area contributed by atoms with E-state index in [0.29, 0.717) is 18.3 Å². The van der Waals surface area contributed by atoms with E-state index in [9.17, 15) is 4.79 Å². The van der Waals surface area contributed by atoms with Gasteiger partial charge in [0.15, 0.2) is 0 Å². The molecule has 2 heterocycles. The van der Waals surface area contributed by atoms with Gasteiger partial charge in [-0.05, 0) is 43.5 Å². The predicted octanol–water partition coefficient (Wildman–Crippen LogP) is 3.00. The molecule has 1 amide bonds. The minimum Gasteiger partial charge on any atom is -0.330 e. The number of nitrogens with zero attached hydrogens (tertiary/aromatic N) is 2. The molecule has 2 atom stereocenters. The molecule has 0 aliphatic carbocycles. The first-order valence-corrected chi connectivity index (χ1v) is 9.37. The molecule has 0 aromatic heterocycles. The maximum atomic E-state index is 12.9. The molecule has 1 aromatic rings. The van der Waals surface area contributed by atoms with Gasteiger partial charge in [0.25, 0.3) is 0 Å². The third-order valence-corrected chi connectivity index (χ3v) is 6.27. The summed E-state index contributed by atoms with van der Waals surface area (Å²) in [5, 5.41) is 0.543. The fourth-order valence-electron chi connectivity index (χ4n) is 3.45. The number of thioether (sulfide) groups is 1. The predicted molar refractivity (Wildman–Crippen MR) is 104 cm³/mol. The lowest BCUT2D eigenvalue weighted by molar-refractivity contribution is -0.119. The Morgan fingerprint density at radius 1 is 1.38 bits per heavy atom. The van der Waals surface area contributed by atoms with Crippen molar-refractivity contribution in [1.82, 2.24) is 4.90 Å². The second-order valence-corrected chi connectivity index (χ2v) is 8.69. The van der Waals surface area contributed by atoms with Gasteiger partial charge in [0.1, 0.15) is 0 Å². The first-order chi connectivity index (χ1) is 11.0. The molecule has 2 aliphatic heterocycles. The first-order valence-electron chi connectivity index (χ1n) is 8.49. The van der Waals surface area contributed by atoms with Gasteiger partial charge in [-0.2, -0.15) is 0 Å². The van der Waals surface area contributed by atoms with Crippen LogP contribution in [0.15, 0.2) is 29.2 Å². The van der Waals surface area contributed by atoms with Crippen molar-refractivity contribution in [1.29, 1.82) is 0 Å². The highest BCUT2D eigenvalue weighted by molar-refractivity contribution is 8.00. The van der Waals surface area contributed by atoms with E-state index in [1.54, 1.807) is 0 Å². The summed E-state index contributed by atoms with van der Waals surface area (Å²) in [5.74, 6) is 0.216. The third kappa shape index (κ3) is 4.26. The number of rotatable bonds is 3. The second kappa shape index (κ2) is 8.09. The molecule has 0 bridgehead atoms. The van der Waals surface area contributed by atoms with Gasteiger partial charge >= 0.3 is 0 Å². The summed E-state index contributed by atoms with van der Waals surface area (Å²) in [6.07, 6.45) is 2.12. The summed E-state index contributed by atoms with van der Waals surface area (Å²) in [7, 11) is 0. The Bertz CT molecular complexity index is 585. The van der Waals surface area contributed by atoms with Crippen LogP contribution in [0.5, 0.6) is 0 Å². The van der Waals surface area contributed by atoms with Crippen LogP contribution in [0.2, 0.25) is 0 Å². The van der Waals surface area contributed by atoms with Crippen molar-refractivity contribution in [2.24, 2.45) is 11.1 Å². The molecule has 0 spiro atoms. The van der Waals surface area contributed by atoms with Crippen LogP contribution in [0.25, 0.3) is 0 Å². The smallest absolute Gasteiger partial charge is 0.241 e. The summed E-state index contributed by atoms with van der Waals surface area (Å²) in [4.78, 5) is 18.4. The molecule has 0 saturated carbocycles. The molecule has 4 nitrogen and oxygen atoms in total. The maximum absolute atomic E-state index is 12.9. The van der Waals surface area contributed by atoms with E-state index in [1.807, 2.05) is 22.7 Å². The highest BCUT2D eigenvalue weighted by atomic mass is 35.5. The number of hydrogen-bond acceptors (Lipinski definition) is 4. The normalized spacial score (nSPS) is 27.3. The molecule has 2 N–H and O–H groups in total. The monoisotopic (exact) mass is 369 g/mol. The van der Waals surface area contributed by atoms with E-state index >= 15 is 0 Å². The van der Waals surface area contributed by atoms with Gasteiger partial charge < -0.3 is 10.6 Å². The number of carbonyl (C=O) groups is 1. The van der Waals surface area contributed by atoms with Crippen LogP contribution in [0.3, 0.4) is 0 Å². The van der Waals surface area contributed by atoms with Crippen molar-refractivity contribution < 1.29 is 4.79 Å². The summed E-state index contributed by atoms with van der Waals surface area (Å²) < 4.78 is 0. The number of fused-ring (bicyclic) bond motifs is 1. The van der Waals surface area contributed by atoms with Crippen LogP contribution in [-0.2, 0) is 4.79 Å². The molecule has 134 valence electrons. The summed E-state index contributed by atoms with van der Waals surface area (Å²) in [6, 6.07) is 8.28. The zero-order valence-corrected chi connectivity index (χ0v) is 16.2. The van der Waals surface area contributed by atoms with E-state index in [-0.39, 0.29) is 23.7 Å². The minimum absolute atomic E-state index is 0. The van der Waals surface area contributed by atoms with Crippen LogP contribution in [0.4, 0.5) is 5.69 Å². The number of halogens is 1. The minimum atomic E-state index is 0. The number of likely N-dealkylation sites (tertiary alicyclic amines) is 1. The zero-order chi connectivity index (χ0) is 16.4. The Balaban J connectivity index is 0.00000208. The van der Waals surface area contributed by atoms with Crippen molar-refractivity contribution in [3.05, 3.63) is 24.3 Å². The van der Waals surface area contributed by atoms with Gasteiger partial charge in [-0.15, -0.1) is 24.2 Å².